The van der Waals surface area contributed by atoms with Crippen LogP contribution < -0.4 is 5.73 Å². The fourth-order valence-electron chi connectivity index (χ4n) is 0.812. The number of hydrogen-bond acceptors (Lipinski definition) is 2. The second-order valence-corrected chi connectivity index (χ2v) is 2.56. The van der Waals surface area contributed by atoms with Crippen LogP contribution in [0.3, 0.4) is 0 Å². The quantitative estimate of drug-likeness (QED) is 0.532. The zero-order valence-corrected chi connectivity index (χ0v) is 5.95. The van der Waals surface area contributed by atoms with Gasteiger partial charge in [-0.2, -0.15) is 0 Å². The van der Waals surface area contributed by atoms with Gasteiger partial charge >= 0.3 is 0 Å². The molecule has 0 saturated heterocycles. The molecular weight excluding hydrogens is 126 g/mol. The smallest absolute Gasteiger partial charge is 0.178 e. The highest BCUT2D eigenvalue weighted by Crippen LogP contribution is 2.07. The molecule has 1 rings (SSSR count). The Kier molecular flexibility index (Phi) is 2.02. The Balaban J connectivity index is 2.79. The van der Waals surface area contributed by atoms with E-state index in [2.05, 4.69) is 0 Å². The summed E-state index contributed by atoms with van der Waals surface area (Å²) in [7, 11) is 0. The summed E-state index contributed by atoms with van der Waals surface area (Å²) in [5, 5.41) is 0. The minimum atomic E-state index is -0.0114. The van der Waals surface area contributed by atoms with Crippen LogP contribution in [-0.4, -0.2) is 11.8 Å². The Hall–Kier alpha value is -0.890. The Bertz CT molecular complexity index is 173. The van der Waals surface area contributed by atoms with E-state index < -0.39 is 0 Å². The molecule has 0 amide bonds. The molecule has 0 bridgehead atoms. The van der Waals surface area contributed by atoms with Gasteiger partial charge < -0.3 is 5.73 Å². The summed E-state index contributed by atoms with van der Waals surface area (Å²) in [5.41, 5.74) is 5.65. The second-order valence-electron chi connectivity index (χ2n) is 2.56. The molecule has 0 heterocycles. The zero-order chi connectivity index (χ0) is 7.56. The van der Waals surface area contributed by atoms with E-state index in [9.17, 15) is 4.79 Å². The van der Waals surface area contributed by atoms with Crippen molar-refractivity contribution in [3.8, 4) is 0 Å². The van der Waals surface area contributed by atoms with Gasteiger partial charge in [0.05, 0.1) is 0 Å². The first-order chi connectivity index (χ1) is 4.70. The lowest BCUT2D eigenvalue weighted by molar-refractivity contribution is -0.110. The zero-order valence-electron chi connectivity index (χ0n) is 5.95. The van der Waals surface area contributed by atoms with Gasteiger partial charge in [0.25, 0.3) is 0 Å². The van der Waals surface area contributed by atoms with Crippen molar-refractivity contribution in [2.24, 2.45) is 11.7 Å². The van der Waals surface area contributed by atoms with Gasteiger partial charge in [-0.1, -0.05) is 19.1 Å². The van der Waals surface area contributed by atoms with Crippen molar-refractivity contribution in [1.29, 1.82) is 0 Å². The molecule has 0 aliphatic heterocycles. The van der Waals surface area contributed by atoms with Crippen molar-refractivity contribution in [2.45, 2.75) is 13.0 Å². The maximum Gasteiger partial charge on any atom is 0.178 e. The highest BCUT2D eigenvalue weighted by Gasteiger charge is 2.08. The van der Waals surface area contributed by atoms with Gasteiger partial charge in [0.2, 0.25) is 0 Å². The van der Waals surface area contributed by atoms with Crippen molar-refractivity contribution in [3.05, 3.63) is 24.3 Å². The van der Waals surface area contributed by atoms with Gasteiger partial charge in [-0.25, -0.2) is 0 Å². The van der Waals surface area contributed by atoms with Crippen LogP contribution in [0.25, 0.3) is 0 Å². The molecule has 0 aromatic rings. The molecule has 54 valence electrons. The average molecular weight is 137 g/mol. The summed E-state index contributed by atoms with van der Waals surface area (Å²) in [6, 6.07) is -0.0114. The molecule has 0 aromatic carbocycles. The number of carbonyl (C=O) groups is 1. The standard InChI is InChI=1S/C8H11NO/c1-6-2-3-7(10)4-5-8(6)9/h2-6,8H,9H2,1H3. The lowest BCUT2D eigenvalue weighted by atomic mass is 10.0. The van der Waals surface area contributed by atoms with Crippen LogP contribution in [0.15, 0.2) is 24.3 Å². The van der Waals surface area contributed by atoms with Crippen molar-refractivity contribution >= 4 is 5.78 Å². The van der Waals surface area contributed by atoms with E-state index in [1.807, 2.05) is 13.0 Å². The van der Waals surface area contributed by atoms with Crippen LogP contribution in [0.4, 0.5) is 0 Å². The lowest BCUT2D eigenvalue weighted by Crippen LogP contribution is -2.23. The van der Waals surface area contributed by atoms with Gasteiger partial charge in [0, 0.05) is 6.04 Å². The van der Waals surface area contributed by atoms with E-state index >= 15 is 0 Å². The number of nitrogens with two attached hydrogens (primary N) is 1. The van der Waals surface area contributed by atoms with Crippen molar-refractivity contribution in [3.63, 3.8) is 0 Å². The largest absolute Gasteiger partial charge is 0.324 e. The Labute approximate surface area is 60.4 Å². The third-order valence-electron chi connectivity index (χ3n) is 1.65. The fourth-order valence-corrected chi connectivity index (χ4v) is 0.812. The van der Waals surface area contributed by atoms with E-state index in [-0.39, 0.29) is 17.7 Å². The summed E-state index contributed by atoms with van der Waals surface area (Å²) in [4.78, 5) is 10.7. The summed E-state index contributed by atoms with van der Waals surface area (Å²) in [5.74, 6) is 0.294. The predicted molar refractivity (Wildman–Crippen MR) is 40.4 cm³/mol. The molecule has 0 fully saturated rings. The van der Waals surface area contributed by atoms with Gasteiger partial charge in [-0.05, 0) is 18.1 Å². The van der Waals surface area contributed by atoms with Crippen molar-refractivity contribution in [1.82, 2.24) is 0 Å². The molecule has 2 atom stereocenters. The molecule has 2 unspecified atom stereocenters. The van der Waals surface area contributed by atoms with Crippen molar-refractivity contribution in [2.75, 3.05) is 0 Å². The van der Waals surface area contributed by atoms with Gasteiger partial charge in [0.15, 0.2) is 5.78 Å². The monoisotopic (exact) mass is 137 g/mol. The molecule has 1 aliphatic rings. The molecule has 2 nitrogen and oxygen atoms in total. The number of hydrogen-bond donors (Lipinski definition) is 1. The Morgan fingerprint density at radius 3 is 2.70 bits per heavy atom. The summed E-state index contributed by atoms with van der Waals surface area (Å²) in [6.45, 7) is 1.99. The van der Waals surface area contributed by atoms with E-state index in [1.54, 1.807) is 12.2 Å². The maximum absolute atomic E-state index is 10.7. The van der Waals surface area contributed by atoms with E-state index in [4.69, 9.17) is 5.73 Å². The number of ketones is 1. The first kappa shape index (κ1) is 7.22. The SMILES string of the molecule is CC1C=CC(=O)C=CC1N. The summed E-state index contributed by atoms with van der Waals surface area (Å²) >= 11 is 0. The van der Waals surface area contributed by atoms with E-state index in [0.29, 0.717) is 0 Å². The normalized spacial score (nSPS) is 32.4. The molecule has 10 heavy (non-hydrogen) atoms. The molecule has 0 saturated carbocycles. The van der Waals surface area contributed by atoms with Crippen LogP contribution in [-0.2, 0) is 4.79 Å². The van der Waals surface area contributed by atoms with Crippen LogP contribution >= 0.6 is 0 Å². The van der Waals surface area contributed by atoms with Crippen molar-refractivity contribution < 1.29 is 4.79 Å². The minimum Gasteiger partial charge on any atom is -0.324 e. The molecule has 2 heteroatoms. The molecule has 1 aliphatic carbocycles. The Morgan fingerprint density at radius 2 is 2.00 bits per heavy atom. The van der Waals surface area contributed by atoms with E-state index in [0.717, 1.165) is 0 Å². The first-order valence-corrected chi connectivity index (χ1v) is 3.36. The fraction of sp³-hybridized carbons (Fsp3) is 0.375. The van der Waals surface area contributed by atoms with Gasteiger partial charge in [0.1, 0.15) is 0 Å². The molecule has 0 radical (unpaired) electrons. The number of carbonyl (C=O) groups excluding carboxylic acids is 1. The predicted octanol–water partition coefficient (Wildman–Crippen LogP) is 0.645. The van der Waals surface area contributed by atoms with Gasteiger partial charge in [-0.3, -0.25) is 4.79 Å². The number of allylic oxidation sites excluding steroid dienone is 2. The molecule has 2 N–H and O–H groups in total. The number of rotatable bonds is 0. The summed E-state index contributed by atoms with van der Waals surface area (Å²) < 4.78 is 0. The molecular formula is C8H11NO. The van der Waals surface area contributed by atoms with Gasteiger partial charge in [-0.15, -0.1) is 0 Å². The minimum absolute atomic E-state index is 0.0114. The highest BCUT2D eigenvalue weighted by atomic mass is 16.1. The highest BCUT2D eigenvalue weighted by molar-refractivity contribution is 5.99. The molecule has 0 aromatic heterocycles. The van der Waals surface area contributed by atoms with Crippen LogP contribution in [0, 0.1) is 5.92 Å². The third kappa shape index (κ3) is 1.54. The maximum atomic E-state index is 10.7. The van der Waals surface area contributed by atoms with E-state index in [1.165, 1.54) is 6.08 Å². The van der Waals surface area contributed by atoms with Crippen LogP contribution in [0.1, 0.15) is 6.92 Å². The Morgan fingerprint density at radius 1 is 1.40 bits per heavy atom. The second kappa shape index (κ2) is 2.80. The summed E-state index contributed by atoms with van der Waals surface area (Å²) in [6.07, 6.45) is 6.67. The lowest BCUT2D eigenvalue weighted by Gasteiger charge is -2.08. The van der Waals surface area contributed by atoms with Crippen LogP contribution in [0.5, 0.6) is 0 Å². The third-order valence-corrected chi connectivity index (χ3v) is 1.65. The topological polar surface area (TPSA) is 43.1 Å². The first-order valence-electron chi connectivity index (χ1n) is 3.36. The average Bonchev–Trinajstić information content (AvgIpc) is 2.04. The van der Waals surface area contributed by atoms with Crippen LogP contribution in [0.2, 0.25) is 0 Å². The molecule has 0 spiro atoms.